The molecule has 1 aromatic heterocycles. The summed E-state index contributed by atoms with van der Waals surface area (Å²) < 4.78 is 1.23. The number of nitrogens with two attached hydrogens (primary N) is 1. The van der Waals surface area contributed by atoms with Gasteiger partial charge in [0.15, 0.2) is 0 Å². The summed E-state index contributed by atoms with van der Waals surface area (Å²) in [5, 5.41) is 6.61. The molecule has 0 spiro atoms. The number of nitrogens with one attached hydrogen (secondary N) is 1. The summed E-state index contributed by atoms with van der Waals surface area (Å²) in [5.41, 5.74) is 5.35. The molecule has 0 bridgehead atoms. The maximum Gasteiger partial charge on any atom is 0.263 e. The fourth-order valence-electron chi connectivity index (χ4n) is 0.783. The topological polar surface area (TPSA) is 72.9 Å². The zero-order valence-electron chi connectivity index (χ0n) is 7.11. The second kappa shape index (κ2) is 3.36. The van der Waals surface area contributed by atoms with Gasteiger partial charge < -0.3 is 11.1 Å². The Balaban J connectivity index is 2.78. The predicted molar refractivity (Wildman–Crippen MR) is 45.8 cm³/mol. The molecule has 1 aromatic rings. The van der Waals surface area contributed by atoms with Crippen LogP contribution < -0.4 is 11.1 Å². The van der Waals surface area contributed by atoms with E-state index < -0.39 is 0 Å². The van der Waals surface area contributed by atoms with Crippen molar-refractivity contribution in [3.8, 4) is 0 Å². The SMILES string of the molecule is CNC(C)C(=O)n1ccc(N)n1. The molecule has 0 aliphatic carbocycles. The lowest BCUT2D eigenvalue weighted by molar-refractivity contribution is 0.0856. The number of hydrogen-bond donors (Lipinski definition) is 2. The van der Waals surface area contributed by atoms with E-state index in [0.29, 0.717) is 5.82 Å². The molecular weight excluding hydrogens is 156 g/mol. The third-order valence-corrected chi connectivity index (χ3v) is 1.64. The summed E-state index contributed by atoms with van der Waals surface area (Å²) in [6.07, 6.45) is 1.55. The van der Waals surface area contributed by atoms with Gasteiger partial charge in [-0.05, 0) is 14.0 Å². The molecule has 0 saturated heterocycles. The van der Waals surface area contributed by atoms with Crippen LogP contribution in [-0.4, -0.2) is 28.8 Å². The van der Waals surface area contributed by atoms with Crippen molar-refractivity contribution in [2.45, 2.75) is 13.0 Å². The van der Waals surface area contributed by atoms with Crippen molar-refractivity contribution < 1.29 is 4.79 Å². The fourth-order valence-corrected chi connectivity index (χ4v) is 0.783. The first-order chi connectivity index (χ1) is 5.65. The molecule has 1 heterocycles. The molecule has 0 aliphatic heterocycles. The Bertz CT molecular complexity index is 281. The van der Waals surface area contributed by atoms with E-state index in [0.717, 1.165) is 0 Å². The molecule has 1 rings (SSSR count). The second-order valence-corrected chi connectivity index (χ2v) is 2.53. The van der Waals surface area contributed by atoms with Gasteiger partial charge in [-0.1, -0.05) is 0 Å². The van der Waals surface area contributed by atoms with Gasteiger partial charge in [0.05, 0.1) is 6.04 Å². The normalized spacial score (nSPS) is 12.8. The number of carbonyl (C=O) groups excluding carboxylic acids is 1. The molecule has 0 aliphatic rings. The van der Waals surface area contributed by atoms with E-state index in [1.54, 1.807) is 26.2 Å². The standard InChI is InChI=1S/C7H12N4O/c1-5(9-2)7(12)11-4-3-6(8)10-11/h3-5,9H,1-2H3,(H2,8,10). The summed E-state index contributed by atoms with van der Waals surface area (Å²) in [6, 6.07) is 1.34. The molecular formula is C7H12N4O. The first-order valence-corrected chi connectivity index (χ1v) is 3.67. The average molecular weight is 168 g/mol. The maximum absolute atomic E-state index is 11.4. The highest BCUT2D eigenvalue weighted by Gasteiger charge is 2.12. The van der Waals surface area contributed by atoms with Crippen LogP contribution in [0.1, 0.15) is 11.7 Å². The van der Waals surface area contributed by atoms with Gasteiger partial charge in [0, 0.05) is 12.3 Å². The minimum atomic E-state index is -0.246. The molecule has 1 atom stereocenters. The minimum Gasteiger partial charge on any atom is -0.382 e. The smallest absolute Gasteiger partial charge is 0.263 e. The Morgan fingerprint density at radius 3 is 2.92 bits per heavy atom. The van der Waals surface area contributed by atoms with Gasteiger partial charge in [-0.2, -0.15) is 0 Å². The molecule has 0 fully saturated rings. The van der Waals surface area contributed by atoms with Crippen LogP contribution in [0.2, 0.25) is 0 Å². The first kappa shape index (κ1) is 8.73. The monoisotopic (exact) mass is 168 g/mol. The van der Waals surface area contributed by atoms with Crippen LogP contribution in [0.3, 0.4) is 0 Å². The van der Waals surface area contributed by atoms with Gasteiger partial charge in [-0.15, -0.1) is 5.10 Å². The summed E-state index contributed by atoms with van der Waals surface area (Å²) in [6.45, 7) is 1.76. The van der Waals surface area contributed by atoms with Crippen LogP contribution in [-0.2, 0) is 0 Å². The molecule has 0 saturated carbocycles. The lowest BCUT2D eigenvalue weighted by Gasteiger charge is -2.07. The van der Waals surface area contributed by atoms with E-state index >= 15 is 0 Å². The Morgan fingerprint density at radius 2 is 2.50 bits per heavy atom. The number of rotatable bonds is 2. The number of aromatic nitrogens is 2. The van der Waals surface area contributed by atoms with Crippen molar-refractivity contribution in [3.63, 3.8) is 0 Å². The average Bonchev–Trinajstić information content (AvgIpc) is 2.49. The number of carbonyl (C=O) groups is 1. The Kier molecular flexibility index (Phi) is 2.44. The third-order valence-electron chi connectivity index (χ3n) is 1.64. The van der Waals surface area contributed by atoms with E-state index in [1.165, 1.54) is 4.68 Å². The summed E-state index contributed by atoms with van der Waals surface area (Å²) in [4.78, 5) is 11.4. The second-order valence-electron chi connectivity index (χ2n) is 2.53. The maximum atomic E-state index is 11.4. The molecule has 0 amide bonds. The van der Waals surface area contributed by atoms with E-state index in [1.807, 2.05) is 0 Å². The number of nitrogens with zero attached hydrogens (tertiary/aromatic N) is 2. The predicted octanol–water partition coefficient (Wildman–Crippen LogP) is -0.287. The van der Waals surface area contributed by atoms with Crippen molar-refractivity contribution >= 4 is 11.7 Å². The number of anilines is 1. The van der Waals surface area contributed by atoms with E-state index in [2.05, 4.69) is 10.4 Å². The highest BCUT2D eigenvalue weighted by molar-refractivity contribution is 5.83. The highest BCUT2D eigenvalue weighted by atomic mass is 16.2. The van der Waals surface area contributed by atoms with E-state index in [9.17, 15) is 4.79 Å². The van der Waals surface area contributed by atoms with Gasteiger partial charge in [-0.3, -0.25) is 4.79 Å². The van der Waals surface area contributed by atoms with Crippen LogP contribution in [0.5, 0.6) is 0 Å². The molecule has 5 nitrogen and oxygen atoms in total. The van der Waals surface area contributed by atoms with Crippen molar-refractivity contribution in [2.75, 3.05) is 12.8 Å². The van der Waals surface area contributed by atoms with Crippen LogP contribution >= 0.6 is 0 Å². The van der Waals surface area contributed by atoms with Crippen molar-refractivity contribution in [1.29, 1.82) is 0 Å². The largest absolute Gasteiger partial charge is 0.382 e. The summed E-state index contributed by atoms with van der Waals surface area (Å²) >= 11 is 0. The van der Waals surface area contributed by atoms with Gasteiger partial charge in [0.25, 0.3) is 5.91 Å². The fraction of sp³-hybridized carbons (Fsp3) is 0.429. The van der Waals surface area contributed by atoms with Gasteiger partial charge in [-0.25, -0.2) is 4.68 Å². The molecule has 12 heavy (non-hydrogen) atoms. The van der Waals surface area contributed by atoms with E-state index in [4.69, 9.17) is 5.73 Å². The zero-order valence-corrected chi connectivity index (χ0v) is 7.11. The number of likely N-dealkylation sites (N-methyl/N-ethyl adjacent to an activating group) is 1. The van der Waals surface area contributed by atoms with Crippen LogP contribution in [0.4, 0.5) is 5.82 Å². The summed E-state index contributed by atoms with van der Waals surface area (Å²) in [7, 11) is 1.72. The number of hydrogen-bond acceptors (Lipinski definition) is 4. The van der Waals surface area contributed by atoms with Crippen LogP contribution in [0, 0.1) is 0 Å². The Morgan fingerprint density at radius 1 is 1.83 bits per heavy atom. The minimum absolute atomic E-state index is 0.116. The first-order valence-electron chi connectivity index (χ1n) is 3.67. The summed E-state index contributed by atoms with van der Waals surface area (Å²) in [5.74, 6) is 0.237. The molecule has 0 aromatic carbocycles. The lowest BCUT2D eigenvalue weighted by atomic mass is 10.3. The van der Waals surface area contributed by atoms with E-state index in [-0.39, 0.29) is 11.9 Å². The third kappa shape index (κ3) is 1.62. The van der Waals surface area contributed by atoms with Crippen molar-refractivity contribution in [2.24, 2.45) is 0 Å². The van der Waals surface area contributed by atoms with Crippen LogP contribution in [0.25, 0.3) is 0 Å². The molecule has 1 unspecified atom stereocenters. The van der Waals surface area contributed by atoms with Gasteiger partial charge >= 0.3 is 0 Å². The van der Waals surface area contributed by atoms with Crippen molar-refractivity contribution in [1.82, 2.24) is 15.1 Å². The van der Waals surface area contributed by atoms with Gasteiger partial charge in [0.2, 0.25) is 0 Å². The number of nitrogen functional groups attached to an aromatic ring is 1. The Labute approximate surface area is 70.5 Å². The highest BCUT2D eigenvalue weighted by Crippen LogP contribution is 1.97. The quantitative estimate of drug-likeness (QED) is 0.636. The molecule has 66 valence electrons. The molecule has 0 radical (unpaired) electrons. The van der Waals surface area contributed by atoms with Crippen LogP contribution in [0.15, 0.2) is 12.3 Å². The lowest BCUT2D eigenvalue weighted by Crippen LogP contribution is -2.35. The van der Waals surface area contributed by atoms with Gasteiger partial charge in [0.1, 0.15) is 5.82 Å². The Hall–Kier alpha value is -1.36. The molecule has 3 N–H and O–H groups in total. The zero-order chi connectivity index (χ0) is 9.14. The molecule has 5 heteroatoms. The van der Waals surface area contributed by atoms with Crippen molar-refractivity contribution in [3.05, 3.63) is 12.3 Å².